The molecule has 5 rings (SSSR count). The quantitative estimate of drug-likeness (QED) is 0.571. The van der Waals surface area contributed by atoms with E-state index in [0.717, 1.165) is 43.5 Å². The van der Waals surface area contributed by atoms with Crippen LogP contribution in [0.2, 0.25) is 5.02 Å². The van der Waals surface area contributed by atoms with E-state index in [2.05, 4.69) is 25.8 Å². The number of hydrogen-bond donors (Lipinski definition) is 2. The molecule has 2 atom stereocenters. The van der Waals surface area contributed by atoms with Gasteiger partial charge in [-0.3, -0.25) is 4.57 Å². The van der Waals surface area contributed by atoms with Gasteiger partial charge in [-0.25, -0.2) is 4.98 Å². The Morgan fingerprint density at radius 1 is 1.09 bits per heavy atom. The van der Waals surface area contributed by atoms with Crippen LogP contribution in [-0.2, 0) is 24.1 Å². The van der Waals surface area contributed by atoms with Crippen LogP contribution in [0.4, 0.5) is 24.8 Å². The monoisotopic (exact) mass is 466 g/mol. The van der Waals surface area contributed by atoms with Crippen LogP contribution >= 0.6 is 11.6 Å². The van der Waals surface area contributed by atoms with Gasteiger partial charge in [0.2, 0.25) is 5.95 Å². The summed E-state index contributed by atoms with van der Waals surface area (Å²) in [5.74, 6) is 1.51. The predicted molar refractivity (Wildman–Crippen MR) is 115 cm³/mol. The van der Waals surface area contributed by atoms with Crippen molar-refractivity contribution in [3.63, 3.8) is 0 Å². The summed E-state index contributed by atoms with van der Waals surface area (Å²) in [6.45, 7) is 1.76. The van der Waals surface area contributed by atoms with Gasteiger partial charge >= 0.3 is 6.18 Å². The van der Waals surface area contributed by atoms with Crippen LogP contribution in [0.1, 0.15) is 37.2 Å². The van der Waals surface area contributed by atoms with E-state index in [9.17, 15) is 13.2 Å². The van der Waals surface area contributed by atoms with E-state index in [1.54, 1.807) is 12.1 Å². The minimum Gasteiger partial charge on any atom is -0.382 e. The molecular weight excluding hydrogens is 445 g/mol. The minimum atomic E-state index is -4.53. The van der Waals surface area contributed by atoms with Crippen LogP contribution in [-0.4, -0.2) is 38.4 Å². The zero-order valence-electron chi connectivity index (χ0n) is 17.1. The van der Waals surface area contributed by atoms with Crippen molar-refractivity contribution < 1.29 is 17.9 Å². The molecule has 11 heteroatoms. The molecule has 32 heavy (non-hydrogen) atoms. The lowest BCUT2D eigenvalue weighted by Crippen LogP contribution is -2.35. The van der Waals surface area contributed by atoms with Crippen molar-refractivity contribution in [2.24, 2.45) is 0 Å². The number of anilines is 2. The molecule has 1 aliphatic carbocycles. The lowest BCUT2D eigenvalue weighted by atomic mass is 9.90. The lowest BCUT2D eigenvalue weighted by Gasteiger charge is -2.32. The van der Waals surface area contributed by atoms with Gasteiger partial charge in [0.25, 0.3) is 0 Å². The average Bonchev–Trinajstić information content (AvgIpc) is 3.16. The van der Waals surface area contributed by atoms with E-state index in [4.69, 9.17) is 16.3 Å². The summed E-state index contributed by atoms with van der Waals surface area (Å²) in [4.78, 5) is 3.78. The second-order valence-corrected chi connectivity index (χ2v) is 8.64. The van der Waals surface area contributed by atoms with E-state index in [1.807, 2.05) is 4.57 Å². The molecule has 170 valence electrons. The van der Waals surface area contributed by atoms with Crippen LogP contribution in [0.5, 0.6) is 0 Å². The Kier molecular flexibility index (Phi) is 5.58. The molecule has 0 radical (unpaired) electrons. The molecule has 3 heterocycles. The third-order valence-corrected chi connectivity index (χ3v) is 6.18. The van der Waals surface area contributed by atoms with Crippen LogP contribution < -0.4 is 10.6 Å². The van der Waals surface area contributed by atoms with Gasteiger partial charge in [-0.15, -0.1) is 10.2 Å². The Morgan fingerprint density at radius 2 is 1.91 bits per heavy atom. The van der Waals surface area contributed by atoms with E-state index < -0.39 is 11.9 Å². The van der Waals surface area contributed by atoms with Crippen LogP contribution in [0, 0.1) is 0 Å². The maximum absolute atomic E-state index is 13.4. The molecular formula is C21H22ClF3N6O. The minimum absolute atomic E-state index is 0.000929. The SMILES string of the molecule is FC(F)(F)c1cc(N[C@H]2CCC[C@@H](Nc3nnc4n3CCOC4)C2)c2cc(Cl)ccc2n1. The molecule has 3 aromatic rings. The summed E-state index contributed by atoms with van der Waals surface area (Å²) in [6.07, 6.45) is -1.04. The van der Waals surface area contributed by atoms with Crippen molar-refractivity contribution in [2.45, 2.75) is 57.1 Å². The first kappa shape index (κ1) is 21.3. The van der Waals surface area contributed by atoms with Gasteiger partial charge in [0, 0.05) is 28.2 Å². The van der Waals surface area contributed by atoms with Crippen LogP contribution in [0.3, 0.4) is 0 Å². The zero-order chi connectivity index (χ0) is 22.3. The molecule has 0 bridgehead atoms. The highest BCUT2D eigenvalue weighted by Crippen LogP contribution is 2.35. The number of halogens is 4. The summed E-state index contributed by atoms with van der Waals surface area (Å²) < 4.78 is 47.7. The van der Waals surface area contributed by atoms with E-state index in [0.29, 0.717) is 35.9 Å². The van der Waals surface area contributed by atoms with Crippen LogP contribution in [0.25, 0.3) is 10.9 Å². The number of aromatic nitrogens is 4. The number of fused-ring (bicyclic) bond motifs is 2. The summed E-state index contributed by atoms with van der Waals surface area (Å²) in [6, 6.07) is 5.92. The number of ether oxygens (including phenoxy) is 1. The number of nitrogens with one attached hydrogen (secondary N) is 2. The predicted octanol–water partition coefficient (Wildman–Crippen LogP) is 4.86. The molecule has 0 unspecified atom stereocenters. The highest BCUT2D eigenvalue weighted by molar-refractivity contribution is 6.31. The molecule has 2 aromatic heterocycles. The molecule has 0 amide bonds. The molecule has 1 saturated carbocycles. The molecule has 1 aromatic carbocycles. The summed E-state index contributed by atoms with van der Waals surface area (Å²) in [5, 5.41) is 16.2. The highest BCUT2D eigenvalue weighted by atomic mass is 35.5. The summed E-state index contributed by atoms with van der Waals surface area (Å²) >= 11 is 6.11. The average molecular weight is 467 g/mol. The summed E-state index contributed by atoms with van der Waals surface area (Å²) in [7, 11) is 0. The molecule has 0 spiro atoms. The van der Waals surface area contributed by atoms with Crippen molar-refractivity contribution >= 4 is 34.1 Å². The number of benzene rings is 1. The molecule has 1 aliphatic heterocycles. The Labute approximate surface area is 187 Å². The molecule has 2 aliphatic rings. The fourth-order valence-electron chi connectivity index (χ4n) is 4.42. The van der Waals surface area contributed by atoms with E-state index in [1.165, 1.54) is 6.07 Å². The normalized spacial score (nSPS) is 21.4. The summed E-state index contributed by atoms with van der Waals surface area (Å²) in [5.41, 5.74) is -0.264. The molecule has 2 N–H and O–H groups in total. The fraction of sp³-hybridized carbons (Fsp3) is 0.476. The number of alkyl halides is 3. The number of hydrogen-bond acceptors (Lipinski definition) is 6. The van der Waals surface area contributed by atoms with Gasteiger partial charge in [-0.05, 0) is 49.9 Å². The number of pyridine rings is 1. The Hall–Kier alpha value is -2.59. The smallest absolute Gasteiger partial charge is 0.382 e. The first-order valence-corrected chi connectivity index (χ1v) is 10.9. The fourth-order valence-corrected chi connectivity index (χ4v) is 4.59. The topological polar surface area (TPSA) is 76.9 Å². The number of rotatable bonds is 4. The van der Waals surface area contributed by atoms with Crippen molar-refractivity contribution in [1.29, 1.82) is 0 Å². The van der Waals surface area contributed by atoms with Gasteiger partial charge in [0.15, 0.2) is 5.82 Å². The van der Waals surface area contributed by atoms with Gasteiger partial charge in [0.1, 0.15) is 12.3 Å². The Bertz CT molecular complexity index is 1130. The second-order valence-electron chi connectivity index (χ2n) is 8.21. The maximum Gasteiger partial charge on any atom is 0.433 e. The molecule has 7 nitrogen and oxygen atoms in total. The van der Waals surface area contributed by atoms with Crippen molar-refractivity contribution in [1.82, 2.24) is 19.7 Å². The second kappa shape index (κ2) is 8.40. The van der Waals surface area contributed by atoms with Gasteiger partial charge in [-0.1, -0.05) is 11.6 Å². The first-order chi connectivity index (χ1) is 15.4. The Morgan fingerprint density at radius 3 is 2.72 bits per heavy atom. The standard InChI is InChI=1S/C21H22ClF3N6O/c22-12-4-5-16-15(8-12)17(10-18(28-16)21(23,24)25)26-13-2-1-3-14(9-13)27-20-30-29-19-11-32-7-6-31(19)20/h4-5,8,10,13-14H,1-3,6-7,9,11H2,(H,26,28)(H,27,30)/t13-,14+/m0/s1. The van der Waals surface area contributed by atoms with E-state index in [-0.39, 0.29) is 17.6 Å². The zero-order valence-corrected chi connectivity index (χ0v) is 17.9. The highest BCUT2D eigenvalue weighted by Gasteiger charge is 2.34. The largest absolute Gasteiger partial charge is 0.433 e. The molecule has 0 saturated heterocycles. The van der Waals surface area contributed by atoms with Crippen molar-refractivity contribution in [2.75, 3.05) is 17.2 Å². The Balaban J connectivity index is 1.36. The maximum atomic E-state index is 13.4. The third-order valence-electron chi connectivity index (χ3n) is 5.95. The third kappa shape index (κ3) is 4.33. The lowest BCUT2D eigenvalue weighted by molar-refractivity contribution is -0.140. The number of nitrogens with zero attached hydrogens (tertiary/aromatic N) is 4. The van der Waals surface area contributed by atoms with Gasteiger partial charge in [0.05, 0.1) is 18.7 Å². The van der Waals surface area contributed by atoms with Crippen molar-refractivity contribution in [3.8, 4) is 0 Å². The van der Waals surface area contributed by atoms with Crippen molar-refractivity contribution in [3.05, 3.63) is 40.8 Å². The van der Waals surface area contributed by atoms with Gasteiger partial charge < -0.3 is 15.4 Å². The van der Waals surface area contributed by atoms with Gasteiger partial charge in [-0.2, -0.15) is 13.2 Å². The van der Waals surface area contributed by atoms with Crippen LogP contribution in [0.15, 0.2) is 24.3 Å². The molecule has 1 fully saturated rings. The first-order valence-electron chi connectivity index (χ1n) is 10.6. The van der Waals surface area contributed by atoms with E-state index >= 15 is 0 Å².